The van der Waals surface area contributed by atoms with Gasteiger partial charge in [0.2, 0.25) is 5.91 Å². The lowest BCUT2D eigenvalue weighted by molar-refractivity contribution is -0.118. The standard InChI is InChI=1S/C15H21N3O/c1-11(2)17-10-12-3-4-14-13(9-12)5-7-18(14)8-6-15(16)19/h3-5,7,9,11,17H,6,8,10H2,1-2H3,(H2,16,19). The van der Waals surface area contributed by atoms with Crippen LogP contribution in [0.5, 0.6) is 0 Å². The van der Waals surface area contributed by atoms with E-state index in [4.69, 9.17) is 5.73 Å². The lowest BCUT2D eigenvalue weighted by atomic mass is 10.1. The number of carbonyl (C=O) groups excluding carboxylic acids is 1. The van der Waals surface area contributed by atoms with Crippen LogP contribution in [0.2, 0.25) is 0 Å². The summed E-state index contributed by atoms with van der Waals surface area (Å²) >= 11 is 0. The van der Waals surface area contributed by atoms with E-state index < -0.39 is 0 Å². The average molecular weight is 259 g/mol. The first kappa shape index (κ1) is 13.6. The van der Waals surface area contributed by atoms with E-state index in [9.17, 15) is 4.79 Å². The minimum Gasteiger partial charge on any atom is -0.370 e. The molecular formula is C15H21N3O. The molecule has 0 spiro atoms. The van der Waals surface area contributed by atoms with Crippen LogP contribution in [0.3, 0.4) is 0 Å². The number of primary amides is 1. The molecule has 19 heavy (non-hydrogen) atoms. The lowest BCUT2D eigenvalue weighted by Gasteiger charge is -2.09. The number of nitrogens with two attached hydrogens (primary N) is 1. The molecule has 0 unspecified atom stereocenters. The zero-order valence-corrected chi connectivity index (χ0v) is 11.5. The number of nitrogens with zero attached hydrogens (tertiary/aromatic N) is 1. The normalized spacial score (nSPS) is 11.3. The first-order valence-corrected chi connectivity index (χ1v) is 6.65. The fraction of sp³-hybridized carbons (Fsp3) is 0.400. The maximum Gasteiger partial charge on any atom is 0.219 e. The molecule has 2 aromatic rings. The Hall–Kier alpha value is -1.81. The highest BCUT2D eigenvalue weighted by molar-refractivity contribution is 5.81. The highest BCUT2D eigenvalue weighted by Crippen LogP contribution is 2.18. The van der Waals surface area contributed by atoms with Gasteiger partial charge in [0.15, 0.2) is 0 Å². The Morgan fingerprint density at radius 3 is 2.84 bits per heavy atom. The van der Waals surface area contributed by atoms with Crippen LogP contribution in [0.1, 0.15) is 25.8 Å². The quantitative estimate of drug-likeness (QED) is 0.833. The molecule has 0 bridgehead atoms. The molecule has 4 nitrogen and oxygen atoms in total. The van der Waals surface area contributed by atoms with E-state index in [2.05, 4.69) is 48.0 Å². The van der Waals surface area contributed by atoms with Gasteiger partial charge in [-0.2, -0.15) is 0 Å². The van der Waals surface area contributed by atoms with Gasteiger partial charge in [-0.25, -0.2) is 0 Å². The van der Waals surface area contributed by atoms with E-state index in [1.165, 1.54) is 10.9 Å². The Kier molecular flexibility index (Phi) is 4.22. The molecule has 0 saturated carbocycles. The fourth-order valence-corrected chi connectivity index (χ4v) is 2.11. The number of aryl methyl sites for hydroxylation is 1. The third-order valence-corrected chi connectivity index (χ3v) is 3.15. The third-order valence-electron chi connectivity index (χ3n) is 3.15. The Balaban J connectivity index is 2.14. The molecular weight excluding hydrogens is 238 g/mol. The van der Waals surface area contributed by atoms with E-state index in [0.717, 1.165) is 12.1 Å². The van der Waals surface area contributed by atoms with Crippen LogP contribution >= 0.6 is 0 Å². The van der Waals surface area contributed by atoms with Gasteiger partial charge in [0, 0.05) is 37.3 Å². The number of fused-ring (bicyclic) bond motifs is 1. The smallest absolute Gasteiger partial charge is 0.219 e. The van der Waals surface area contributed by atoms with Gasteiger partial charge in [0.05, 0.1) is 0 Å². The van der Waals surface area contributed by atoms with Gasteiger partial charge >= 0.3 is 0 Å². The first-order chi connectivity index (χ1) is 9.06. The molecule has 0 aliphatic carbocycles. The highest BCUT2D eigenvalue weighted by atomic mass is 16.1. The molecule has 1 aromatic heterocycles. The maximum atomic E-state index is 10.8. The van der Waals surface area contributed by atoms with Gasteiger partial charge in [0.1, 0.15) is 0 Å². The van der Waals surface area contributed by atoms with Crippen LogP contribution in [-0.2, 0) is 17.9 Å². The summed E-state index contributed by atoms with van der Waals surface area (Å²) in [6.45, 7) is 5.79. The topological polar surface area (TPSA) is 60.1 Å². The molecule has 1 heterocycles. The minimum absolute atomic E-state index is 0.264. The van der Waals surface area contributed by atoms with Crippen molar-refractivity contribution in [1.29, 1.82) is 0 Å². The number of rotatable bonds is 6. The van der Waals surface area contributed by atoms with Crippen molar-refractivity contribution in [3.63, 3.8) is 0 Å². The molecule has 1 amide bonds. The second kappa shape index (κ2) is 5.89. The van der Waals surface area contributed by atoms with Crippen molar-refractivity contribution in [2.75, 3.05) is 0 Å². The molecule has 0 aliphatic rings. The number of carbonyl (C=O) groups is 1. The van der Waals surface area contributed by atoms with Gasteiger partial charge in [0.25, 0.3) is 0 Å². The van der Waals surface area contributed by atoms with Crippen LogP contribution in [-0.4, -0.2) is 16.5 Å². The van der Waals surface area contributed by atoms with Crippen molar-refractivity contribution >= 4 is 16.8 Å². The van der Waals surface area contributed by atoms with E-state index in [-0.39, 0.29) is 5.91 Å². The predicted octanol–water partition coefficient (Wildman–Crippen LogP) is 2.01. The number of hydrogen-bond acceptors (Lipinski definition) is 2. The van der Waals surface area contributed by atoms with Crippen LogP contribution < -0.4 is 11.1 Å². The Bertz CT molecular complexity index is 572. The number of hydrogen-bond donors (Lipinski definition) is 2. The first-order valence-electron chi connectivity index (χ1n) is 6.65. The molecule has 102 valence electrons. The van der Waals surface area contributed by atoms with Crippen molar-refractivity contribution in [2.24, 2.45) is 5.73 Å². The molecule has 1 aromatic carbocycles. The van der Waals surface area contributed by atoms with Crippen LogP contribution in [0.15, 0.2) is 30.5 Å². The van der Waals surface area contributed by atoms with E-state index >= 15 is 0 Å². The monoisotopic (exact) mass is 259 g/mol. The SMILES string of the molecule is CC(C)NCc1ccc2c(ccn2CCC(N)=O)c1. The third kappa shape index (κ3) is 3.58. The zero-order chi connectivity index (χ0) is 13.8. The summed E-state index contributed by atoms with van der Waals surface area (Å²) in [4.78, 5) is 10.8. The molecule has 4 heteroatoms. The average Bonchev–Trinajstić information content (AvgIpc) is 2.76. The molecule has 0 aliphatic heterocycles. The summed E-state index contributed by atoms with van der Waals surface area (Å²) < 4.78 is 2.07. The van der Waals surface area contributed by atoms with Crippen molar-refractivity contribution in [3.05, 3.63) is 36.0 Å². The number of benzene rings is 1. The van der Waals surface area contributed by atoms with Gasteiger partial charge in [-0.15, -0.1) is 0 Å². The van der Waals surface area contributed by atoms with Crippen LogP contribution in [0, 0.1) is 0 Å². The van der Waals surface area contributed by atoms with Crippen molar-refractivity contribution in [1.82, 2.24) is 9.88 Å². The fourth-order valence-electron chi connectivity index (χ4n) is 2.11. The van der Waals surface area contributed by atoms with Crippen molar-refractivity contribution in [3.8, 4) is 0 Å². The zero-order valence-electron chi connectivity index (χ0n) is 11.5. The molecule has 2 rings (SSSR count). The second-order valence-corrected chi connectivity index (χ2v) is 5.15. The number of aromatic nitrogens is 1. The maximum absolute atomic E-state index is 10.8. The molecule has 0 radical (unpaired) electrons. The van der Waals surface area contributed by atoms with E-state index in [1.54, 1.807) is 0 Å². The van der Waals surface area contributed by atoms with Gasteiger partial charge < -0.3 is 15.6 Å². The summed E-state index contributed by atoms with van der Waals surface area (Å²) in [6.07, 6.45) is 2.38. The summed E-state index contributed by atoms with van der Waals surface area (Å²) in [5, 5.41) is 4.61. The number of amides is 1. The van der Waals surface area contributed by atoms with Gasteiger partial charge in [-0.3, -0.25) is 4.79 Å². The Morgan fingerprint density at radius 1 is 1.37 bits per heavy atom. The Labute approximate surface area is 113 Å². The van der Waals surface area contributed by atoms with Crippen LogP contribution in [0.25, 0.3) is 10.9 Å². The molecule has 3 N–H and O–H groups in total. The van der Waals surface area contributed by atoms with Crippen molar-refractivity contribution < 1.29 is 4.79 Å². The van der Waals surface area contributed by atoms with Gasteiger partial charge in [-0.05, 0) is 29.1 Å². The molecule has 0 fully saturated rings. The minimum atomic E-state index is -0.264. The summed E-state index contributed by atoms with van der Waals surface area (Å²) in [7, 11) is 0. The lowest BCUT2D eigenvalue weighted by Crippen LogP contribution is -2.21. The van der Waals surface area contributed by atoms with E-state index in [1.807, 2.05) is 6.20 Å². The van der Waals surface area contributed by atoms with Crippen molar-refractivity contribution in [2.45, 2.75) is 39.4 Å². The largest absolute Gasteiger partial charge is 0.370 e. The summed E-state index contributed by atoms with van der Waals surface area (Å²) in [6, 6.07) is 8.98. The van der Waals surface area contributed by atoms with Crippen LogP contribution in [0.4, 0.5) is 0 Å². The summed E-state index contributed by atoms with van der Waals surface area (Å²) in [5.41, 5.74) is 7.60. The molecule has 0 saturated heterocycles. The Morgan fingerprint density at radius 2 is 2.16 bits per heavy atom. The highest BCUT2D eigenvalue weighted by Gasteiger charge is 2.04. The van der Waals surface area contributed by atoms with Gasteiger partial charge in [-0.1, -0.05) is 19.9 Å². The summed E-state index contributed by atoms with van der Waals surface area (Å²) in [5.74, 6) is -0.264. The predicted molar refractivity (Wildman–Crippen MR) is 77.7 cm³/mol. The molecule has 0 atom stereocenters. The number of nitrogens with one attached hydrogen (secondary N) is 1. The second-order valence-electron chi connectivity index (χ2n) is 5.15. The van der Waals surface area contributed by atoms with E-state index in [0.29, 0.717) is 19.0 Å².